The summed E-state index contributed by atoms with van der Waals surface area (Å²) in [6, 6.07) is -0.793. The van der Waals surface area contributed by atoms with Gasteiger partial charge < -0.3 is 57.8 Å². The second-order valence-electron chi connectivity index (χ2n) is 16.2. The van der Waals surface area contributed by atoms with Crippen molar-refractivity contribution in [2.24, 2.45) is 11.8 Å². The number of aldehydes is 1. The number of likely N-dealkylation sites (N-methyl/N-ethyl adjacent to an activating group) is 1. The molecule has 16 heteroatoms. The molecule has 0 aromatic heterocycles. The number of cyclic esters (lactones) is 1. The lowest BCUT2D eigenvalue weighted by atomic mass is 9.83. The van der Waals surface area contributed by atoms with Gasteiger partial charge >= 0.3 is 17.9 Å². The average Bonchev–Trinajstić information content (AvgIpc) is 3.13. The van der Waals surface area contributed by atoms with E-state index in [4.69, 9.17) is 37.9 Å². The SMILES string of the molecule is CCCC(=O)O[C@H]1[C@H](C)O[C@@H](O[C@H]2[C@H](N(C)C)[C@@H](O)[C@H](O[C@H]3C(CC=O)C[C@@H](C)C(=O)/C=C/C=C/C[C@@H](C)OC(=O)CC(OC(=O)CC)[C@@H]3OC)O[C@@H]2C)C[C@@]1(C)O. The fourth-order valence-corrected chi connectivity index (χ4v) is 7.90. The van der Waals surface area contributed by atoms with E-state index in [0.717, 1.165) is 0 Å². The monoisotopic (exact) mass is 825 g/mol. The molecule has 0 radical (unpaired) electrons. The van der Waals surface area contributed by atoms with Crippen molar-refractivity contribution < 1.29 is 72.1 Å². The maximum absolute atomic E-state index is 13.3. The molecule has 0 amide bonds. The highest BCUT2D eigenvalue weighted by molar-refractivity contribution is 5.91. The lowest BCUT2D eigenvalue weighted by Crippen LogP contribution is -2.66. The summed E-state index contributed by atoms with van der Waals surface area (Å²) in [7, 11) is 4.83. The minimum Gasteiger partial charge on any atom is -0.462 e. The molecule has 0 aliphatic carbocycles. The van der Waals surface area contributed by atoms with Gasteiger partial charge in [-0.2, -0.15) is 0 Å². The van der Waals surface area contributed by atoms with Crippen LogP contribution < -0.4 is 0 Å². The number of ketones is 1. The van der Waals surface area contributed by atoms with Gasteiger partial charge in [-0.15, -0.1) is 0 Å². The third-order valence-corrected chi connectivity index (χ3v) is 10.9. The van der Waals surface area contributed by atoms with Crippen molar-refractivity contribution in [2.75, 3.05) is 21.2 Å². The maximum Gasteiger partial charge on any atom is 0.309 e. The van der Waals surface area contributed by atoms with E-state index in [9.17, 15) is 34.2 Å². The standard InChI is InChI=1S/C42H67NO15/c1-11-16-32(47)56-40-27(6)53-34(23-42(40,7)50)57-37-26(5)54-41(36(49)35(37)43(8)9)58-38-28(19-20-44)21-24(3)29(45)18-15-13-14-17-25(4)52-33(48)22-30(39(38)51-10)55-31(46)12-2/h13-15,18,20,24-28,30,34-41,49-50H,11-12,16-17,19,21-23H2,1-10H3/b14-13+,18-15+/t24-,25-,26-,27+,28?,30?,34+,35-,36-,37-,38+,39+,40+,41+,42-/m1/s1. The Bertz CT molecular complexity index is 1420. The van der Waals surface area contributed by atoms with Crippen LogP contribution in [0.3, 0.4) is 0 Å². The number of aliphatic hydroxyl groups excluding tert-OH is 1. The lowest BCUT2D eigenvalue weighted by Gasteiger charge is -2.50. The van der Waals surface area contributed by atoms with Crippen molar-refractivity contribution in [1.82, 2.24) is 4.90 Å². The molecule has 3 heterocycles. The van der Waals surface area contributed by atoms with Crippen LogP contribution in [0.2, 0.25) is 0 Å². The first kappa shape index (κ1) is 49.3. The Balaban J connectivity index is 2.00. The van der Waals surface area contributed by atoms with Gasteiger partial charge in [0.15, 0.2) is 24.5 Å². The average molecular weight is 826 g/mol. The highest BCUT2D eigenvalue weighted by Crippen LogP contribution is 2.37. The highest BCUT2D eigenvalue weighted by atomic mass is 16.7. The first-order chi connectivity index (χ1) is 27.4. The molecule has 2 unspecified atom stereocenters. The van der Waals surface area contributed by atoms with Crippen LogP contribution in [0.25, 0.3) is 0 Å². The molecule has 0 spiro atoms. The predicted molar refractivity (Wildman–Crippen MR) is 209 cm³/mol. The molecular weight excluding hydrogens is 758 g/mol. The van der Waals surface area contributed by atoms with Crippen LogP contribution in [-0.4, -0.2) is 145 Å². The molecule has 3 aliphatic heterocycles. The van der Waals surface area contributed by atoms with E-state index >= 15 is 0 Å². The number of hydrogen-bond donors (Lipinski definition) is 2. The molecule has 2 saturated heterocycles. The van der Waals surface area contributed by atoms with Crippen LogP contribution in [-0.2, 0) is 61.9 Å². The number of methoxy groups -OCH3 is 1. The summed E-state index contributed by atoms with van der Waals surface area (Å²) < 4.78 is 48.6. The van der Waals surface area contributed by atoms with Gasteiger partial charge in [-0.3, -0.25) is 19.2 Å². The number of carbonyl (C=O) groups is 5. The smallest absolute Gasteiger partial charge is 0.309 e. The van der Waals surface area contributed by atoms with E-state index in [-0.39, 0.29) is 37.9 Å². The van der Waals surface area contributed by atoms with Crippen LogP contribution in [0.5, 0.6) is 0 Å². The molecule has 16 nitrogen and oxygen atoms in total. The van der Waals surface area contributed by atoms with Crippen LogP contribution in [0.4, 0.5) is 0 Å². The number of carbonyl (C=O) groups excluding carboxylic acids is 5. The zero-order valence-corrected chi connectivity index (χ0v) is 35.8. The Morgan fingerprint density at radius 3 is 2.29 bits per heavy atom. The van der Waals surface area contributed by atoms with Gasteiger partial charge in [0.05, 0.1) is 30.8 Å². The van der Waals surface area contributed by atoms with Gasteiger partial charge in [-0.1, -0.05) is 39.0 Å². The quantitative estimate of drug-likeness (QED) is 0.155. The highest BCUT2D eigenvalue weighted by Gasteiger charge is 2.53. The lowest BCUT2D eigenvalue weighted by molar-refractivity contribution is -0.344. The van der Waals surface area contributed by atoms with Crippen LogP contribution in [0, 0.1) is 11.8 Å². The Morgan fingerprint density at radius 1 is 0.983 bits per heavy atom. The van der Waals surface area contributed by atoms with E-state index in [1.54, 1.807) is 78.8 Å². The van der Waals surface area contributed by atoms with Crippen LogP contribution >= 0.6 is 0 Å². The normalized spacial score (nSPS) is 39.3. The van der Waals surface area contributed by atoms with E-state index in [2.05, 4.69) is 0 Å². The van der Waals surface area contributed by atoms with Crippen molar-refractivity contribution in [3.05, 3.63) is 24.3 Å². The van der Waals surface area contributed by atoms with Crippen LogP contribution in [0.15, 0.2) is 24.3 Å². The Morgan fingerprint density at radius 2 is 1.69 bits per heavy atom. The maximum atomic E-state index is 13.3. The largest absolute Gasteiger partial charge is 0.462 e. The summed E-state index contributed by atoms with van der Waals surface area (Å²) in [5.74, 6) is -3.28. The predicted octanol–water partition coefficient (Wildman–Crippen LogP) is 3.37. The summed E-state index contributed by atoms with van der Waals surface area (Å²) in [6.45, 7) is 11.9. The Hall–Kier alpha value is -3.09. The number of nitrogens with zero attached hydrogens (tertiary/aromatic N) is 1. The number of rotatable bonds is 13. The fraction of sp³-hybridized carbons (Fsp3) is 0.786. The van der Waals surface area contributed by atoms with E-state index in [1.165, 1.54) is 13.2 Å². The molecule has 0 aromatic rings. The molecule has 2 fully saturated rings. The summed E-state index contributed by atoms with van der Waals surface area (Å²) in [4.78, 5) is 65.7. The van der Waals surface area contributed by atoms with Crippen LogP contribution in [0.1, 0.15) is 99.8 Å². The van der Waals surface area contributed by atoms with Gasteiger partial charge in [0, 0.05) is 45.1 Å². The molecule has 3 rings (SSSR count). The van der Waals surface area contributed by atoms with Crippen molar-refractivity contribution in [1.29, 1.82) is 0 Å². The molecule has 330 valence electrons. The van der Waals surface area contributed by atoms with Crippen molar-refractivity contribution in [3.8, 4) is 0 Å². The molecule has 0 saturated carbocycles. The molecule has 58 heavy (non-hydrogen) atoms. The molecule has 15 atom stereocenters. The summed E-state index contributed by atoms with van der Waals surface area (Å²) in [5, 5.41) is 23.5. The zero-order chi connectivity index (χ0) is 43.3. The summed E-state index contributed by atoms with van der Waals surface area (Å²) in [6.07, 6.45) is -3.34. The zero-order valence-electron chi connectivity index (χ0n) is 35.8. The topological polar surface area (TPSA) is 203 Å². The van der Waals surface area contributed by atoms with Gasteiger partial charge in [0.1, 0.15) is 42.4 Å². The van der Waals surface area contributed by atoms with E-state index in [1.807, 2.05) is 6.92 Å². The van der Waals surface area contributed by atoms with Gasteiger partial charge in [0.2, 0.25) is 0 Å². The second kappa shape index (κ2) is 23.1. The van der Waals surface area contributed by atoms with Crippen molar-refractivity contribution in [3.63, 3.8) is 0 Å². The van der Waals surface area contributed by atoms with Crippen molar-refractivity contribution >= 4 is 30.0 Å². The third kappa shape index (κ3) is 13.7. The van der Waals surface area contributed by atoms with E-state index < -0.39 is 115 Å². The minimum atomic E-state index is -1.50. The molecule has 2 N–H and O–H groups in total. The van der Waals surface area contributed by atoms with Gasteiger partial charge in [-0.25, -0.2) is 0 Å². The first-order valence-electron chi connectivity index (χ1n) is 20.5. The summed E-state index contributed by atoms with van der Waals surface area (Å²) in [5.41, 5.74) is -1.50. The summed E-state index contributed by atoms with van der Waals surface area (Å²) >= 11 is 0. The number of ether oxygens (including phenoxy) is 8. The van der Waals surface area contributed by atoms with E-state index in [0.29, 0.717) is 19.1 Å². The molecule has 0 aromatic carbocycles. The Kier molecular flexibility index (Phi) is 19.6. The van der Waals surface area contributed by atoms with Gasteiger partial charge in [0.25, 0.3) is 0 Å². The number of allylic oxidation sites excluding steroid dienone is 3. The molecular formula is C42H67NO15. The number of esters is 3. The Labute approximate surface area is 342 Å². The number of aliphatic hydroxyl groups is 2. The number of hydrogen-bond acceptors (Lipinski definition) is 16. The minimum absolute atomic E-state index is 0.0121. The second-order valence-corrected chi connectivity index (χ2v) is 16.2. The molecule has 3 aliphatic rings. The fourth-order valence-electron chi connectivity index (χ4n) is 7.90. The third-order valence-electron chi connectivity index (χ3n) is 10.9. The molecule has 0 bridgehead atoms. The van der Waals surface area contributed by atoms with Crippen molar-refractivity contribution in [2.45, 2.75) is 179 Å². The van der Waals surface area contributed by atoms with Gasteiger partial charge in [-0.05, 0) is 66.6 Å². The first-order valence-corrected chi connectivity index (χ1v) is 20.5.